The molecule has 86 valence electrons. The van der Waals surface area contributed by atoms with E-state index in [1.807, 2.05) is 0 Å². The molecule has 0 aromatic heterocycles. The van der Waals surface area contributed by atoms with Gasteiger partial charge in [-0.15, -0.1) is 0 Å². The topological polar surface area (TPSA) is 87.0 Å². The number of aliphatic hydroxyl groups excluding tert-OH is 1. The van der Waals surface area contributed by atoms with Crippen molar-refractivity contribution in [2.24, 2.45) is 0 Å². The van der Waals surface area contributed by atoms with Crippen LogP contribution in [0.3, 0.4) is 0 Å². The Morgan fingerprint density at radius 2 is 2.12 bits per heavy atom. The van der Waals surface area contributed by atoms with Crippen LogP contribution in [-0.2, 0) is 4.74 Å². The van der Waals surface area contributed by atoms with Gasteiger partial charge in [0, 0.05) is 12.0 Å². The summed E-state index contributed by atoms with van der Waals surface area (Å²) in [5, 5.41) is 28.5. The van der Waals surface area contributed by atoms with E-state index in [0.717, 1.165) is 6.07 Å². The van der Waals surface area contributed by atoms with E-state index in [1.165, 1.54) is 6.07 Å². The Labute approximate surface area is 91.9 Å². The van der Waals surface area contributed by atoms with Gasteiger partial charge in [-0.2, -0.15) is 0 Å². The molecule has 1 aromatic rings. The number of hydrogen-bond donors (Lipinski definition) is 3. The molecule has 0 aliphatic carbocycles. The average Bonchev–Trinajstić information content (AvgIpc) is 2.15. The second-order valence-corrected chi connectivity index (χ2v) is 3.87. The van der Waals surface area contributed by atoms with Crippen molar-refractivity contribution in [3.63, 3.8) is 0 Å². The summed E-state index contributed by atoms with van der Waals surface area (Å²) in [6.45, 7) is 1.61. The molecule has 0 saturated carbocycles. The van der Waals surface area contributed by atoms with Crippen LogP contribution in [0.2, 0.25) is 0 Å². The van der Waals surface area contributed by atoms with Crippen molar-refractivity contribution in [1.29, 1.82) is 0 Å². The largest absolute Gasteiger partial charge is 0.508 e. The van der Waals surface area contributed by atoms with E-state index < -0.39 is 18.0 Å². The van der Waals surface area contributed by atoms with Crippen LogP contribution in [0.25, 0.3) is 0 Å². The maximum absolute atomic E-state index is 11.4. The first-order chi connectivity index (χ1) is 7.50. The van der Waals surface area contributed by atoms with Crippen molar-refractivity contribution in [3.8, 4) is 11.5 Å². The zero-order chi connectivity index (χ0) is 11.9. The van der Waals surface area contributed by atoms with Crippen molar-refractivity contribution in [3.05, 3.63) is 23.3 Å². The van der Waals surface area contributed by atoms with Crippen molar-refractivity contribution in [2.45, 2.75) is 18.9 Å². The van der Waals surface area contributed by atoms with E-state index in [4.69, 9.17) is 4.74 Å². The molecule has 5 heteroatoms. The van der Waals surface area contributed by atoms with Gasteiger partial charge in [-0.05, 0) is 18.6 Å². The molecule has 0 radical (unpaired) electrons. The Morgan fingerprint density at radius 1 is 1.44 bits per heavy atom. The van der Waals surface area contributed by atoms with Gasteiger partial charge in [-0.3, -0.25) is 0 Å². The number of carbonyl (C=O) groups is 1. The lowest BCUT2D eigenvalue weighted by Gasteiger charge is -2.27. The van der Waals surface area contributed by atoms with Gasteiger partial charge in [0.1, 0.15) is 23.7 Å². The van der Waals surface area contributed by atoms with Gasteiger partial charge < -0.3 is 20.1 Å². The molecule has 0 fully saturated rings. The molecule has 5 nitrogen and oxygen atoms in total. The lowest BCUT2D eigenvalue weighted by Crippen LogP contribution is -2.29. The zero-order valence-electron chi connectivity index (χ0n) is 8.67. The van der Waals surface area contributed by atoms with Gasteiger partial charge in [0.15, 0.2) is 0 Å². The zero-order valence-corrected chi connectivity index (χ0v) is 8.67. The molecule has 3 N–H and O–H groups in total. The van der Waals surface area contributed by atoms with Gasteiger partial charge in [0.2, 0.25) is 0 Å². The number of aromatic hydroxyl groups is 2. The second-order valence-electron chi connectivity index (χ2n) is 3.87. The van der Waals surface area contributed by atoms with Crippen molar-refractivity contribution >= 4 is 5.97 Å². The average molecular weight is 224 g/mol. The van der Waals surface area contributed by atoms with Crippen molar-refractivity contribution in [1.82, 2.24) is 0 Å². The Hall–Kier alpha value is -1.75. The molecule has 16 heavy (non-hydrogen) atoms. The number of rotatable bonds is 1. The highest BCUT2D eigenvalue weighted by atomic mass is 16.5. The first-order valence-electron chi connectivity index (χ1n) is 4.91. The minimum absolute atomic E-state index is 0.0231. The van der Waals surface area contributed by atoms with Crippen LogP contribution in [0.4, 0.5) is 0 Å². The van der Waals surface area contributed by atoms with Crippen molar-refractivity contribution in [2.75, 3.05) is 6.61 Å². The number of aliphatic hydroxyl groups is 1. The van der Waals surface area contributed by atoms with Gasteiger partial charge in [-0.1, -0.05) is 0 Å². The number of carbonyl (C=O) groups excluding carboxylic acids is 1. The molecular weight excluding hydrogens is 212 g/mol. The van der Waals surface area contributed by atoms with E-state index in [-0.39, 0.29) is 23.7 Å². The number of esters is 1. The highest BCUT2D eigenvalue weighted by molar-refractivity contribution is 5.95. The Morgan fingerprint density at radius 3 is 2.75 bits per heavy atom. The van der Waals surface area contributed by atoms with E-state index in [1.54, 1.807) is 6.92 Å². The number of cyclic esters (lactones) is 1. The molecule has 0 unspecified atom stereocenters. The minimum atomic E-state index is -0.729. The SMILES string of the molecule is C[C@@H](O)[C@H]1COC(=O)c2c(O)cc(O)cc21. The Kier molecular flexibility index (Phi) is 2.47. The third-order valence-electron chi connectivity index (χ3n) is 2.71. The maximum Gasteiger partial charge on any atom is 0.342 e. The molecule has 0 amide bonds. The molecule has 0 spiro atoms. The molecular formula is C11H12O5. The number of fused-ring (bicyclic) bond motifs is 1. The van der Waals surface area contributed by atoms with Crippen LogP contribution in [-0.4, -0.2) is 34.0 Å². The van der Waals surface area contributed by atoms with E-state index in [2.05, 4.69) is 0 Å². The first-order valence-corrected chi connectivity index (χ1v) is 4.91. The third kappa shape index (κ3) is 1.59. The fourth-order valence-corrected chi connectivity index (χ4v) is 1.87. The summed E-state index contributed by atoms with van der Waals surface area (Å²) in [6, 6.07) is 2.44. The molecule has 2 atom stereocenters. The molecule has 1 heterocycles. The molecule has 0 bridgehead atoms. The second kappa shape index (κ2) is 3.68. The Bertz CT molecular complexity index is 438. The lowest BCUT2D eigenvalue weighted by atomic mass is 9.88. The quantitative estimate of drug-likeness (QED) is 0.612. The summed E-state index contributed by atoms with van der Waals surface area (Å²) in [6.07, 6.45) is -0.729. The van der Waals surface area contributed by atoms with Crippen LogP contribution in [0.5, 0.6) is 11.5 Å². The standard InChI is InChI=1S/C11H12O5/c1-5(12)8-4-16-11(15)10-7(8)2-6(13)3-9(10)14/h2-3,5,8,12-14H,4H2,1H3/t5-,8-/m1/s1. The van der Waals surface area contributed by atoms with Crippen LogP contribution in [0.15, 0.2) is 12.1 Å². The molecule has 0 saturated heterocycles. The maximum atomic E-state index is 11.4. The van der Waals surface area contributed by atoms with Gasteiger partial charge in [0.05, 0.1) is 6.10 Å². The fourth-order valence-electron chi connectivity index (χ4n) is 1.87. The van der Waals surface area contributed by atoms with Crippen LogP contribution >= 0.6 is 0 Å². The van der Waals surface area contributed by atoms with Crippen LogP contribution in [0.1, 0.15) is 28.8 Å². The van der Waals surface area contributed by atoms with Crippen LogP contribution < -0.4 is 0 Å². The van der Waals surface area contributed by atoms with E-state index >= 15 is 0 Å². The number of benzene rings is 1. The summed E-state index contributed by atoms with van der Waals surface area (Å²) >= 11 is 0. The van der Waals surface area contributed by atoms with Gasteiger partial charge >= 0.3 is 5.97 Å². The summed E-state index contributed by atoms with van der Waals surface area (Å²) in [4.78, 5) is 11.4. The number of phenolic OH excluding ortho intramolecular Hbond substituents is 2. The van der Waals surface area contributed by atoms with Gasteiger partial charge in [0.25, 0.3) is 0 Å². The molecule has 1 aromatic carbocycles. The predicted octanol–water partition coefficient (Wildman–Crippen LogP) is 0.733. The fraction of sp³-hybridized carbons (Fsp3) is 0.364. The normalized spacial score (nSPS) is 21.1. The summed E-state index contributed by atoms with van der Waals surface area (Å²) in [7, 11) is 0. The number of ether oxygens (including phenoxy) is 1. The smallest absolute Gasteiger partial charge is 0.342 e. The number of phenols is 2. The highest BCUT2D eigenvalue weighted by Crippen LogP contribution is 2.37. The Balaban J connectivity index is 2.61. The first kappa shape index (κ1) is 10.8. The number of hydrogen-bond acceptors (Lipinski definition) is 5. The summed E-state index contributed by atoms with van der Waals surface area (Å²) in [5.74, 6) is -1.53. The predicted molar refractivity (Wildman–Crippen MR) is 54.5 cm³/mol. The highest BCUT2D eigenvalue weighted by Gasteiger charge is 2.32. The molecule has 1 aliphatic heterocycles. The minimum Gasteiger partial charge on any atom is -0.508 e. The van der Waals surface area contributed by atoms with E-state index in [9.17, 15) is 20.1 Å². The van der Waals surface area contributed by atoms with Crippen molar-refractivity contribution < 1.29 is 24.9 Å². The molecule has 1 aliphatic rings. The third-order valence-corrected chi connectivity index (χ3v) is 2.71. The summed E-state index contributed by atoms with van der Waals surface area (Å²) < 4.78 is 4.86. The van der Waals surface area contributed by atoms with Gasteiger partial charge in [-0.25, -0.2) is 4.79 Å². The monoisotopic (exact) mass is 224 g/mol. The van der Waals surface area contributed by atoms with Crippen LogP contribution in [0, 0.1) is 0 Å². The lowest BCUT2D eigenvalue weighted by molar-refractivity contribution is 0.0325. The molecule has 2 rings (SSSR count). The summed E-state index contributed by atoms with van der Waals surface area (Å²) in [5.41, 5.74) is 0.443. The van der Waals surface area contributed by atoms with E-state index in [0.29, 0.717) is 5.56 Å².